The third kappa shape index (κ3) is 3.72. The Kier molecular flexibility index (Phi) is 4.47. The normalized spacial score (nSPS) is 24.2. The molecule has 1 aliphatic carbocycles. The molecule has 1 N–H and O–H groups in total. The van der Waals surface area contributed by atoms with E-state index in [-0.39, 0.29) is 0 Å². The van der Waals surface area contributed by atoms with Crippen LogP contribution in [0.1, 0.15) is 36.0 Å². The van der Waals surface area contributed by atoms with Gasteiger partial charge in [0.2, 0.25) is 0 Å². The summed E-state index contributed by atoms with van der Waals surface area (Å²) >= 11 is 6.27. The van der Waals surface area contributed by atoms with Crippen LogP contribution in [0, 0.1) is 19.8 Å². The Labute approximate surface area is 110 Å². The van der Waals surface area contributed by atoms with E-state index in [0.29, 0.717) is 11.3 Å². The molecule has 0 saturated heterocycles. The van der Waals surface area contributed by atoms with Gasteiger partial charge in [0, 0.05) is 11.9 Å². The first-order valence-electron chi connectivity index (χ1n) is 6.57. The van der Waals surface area contributed by atoms with E-state index in [1.807, 2.05) is 0 Å². The molecular weight excluding hydrogens is 230 g/mol. The Morgan fingerprint density at radius 3 is 2.47 bits per heavy atom. The van der Waals surface area contributed by atoms with E-state index in [0.717, 1.165) is 13.1 Å². The number of hydrogen-bond acceptors (Lipinski definition) is 1. The third-order valence-corrected chi connectivity index (χ3v) is 4.16. The molecular formula is C15H22ClN. The van der Waals surface area contributed by atoms with Gasteiger partial charge in [0.05, 0.1) is 0 Å². The van der Waals surface area contributed by atoms with Crippen molar-refractivity contribution in [2.45, 2.75) is 45.0 Å². The molecule has 1 aromatic rings. The Balaban J connectivity index is 1.81. The lowest BCUT2D eigenvalue weighted by Gasteiger charge is -2.14. The molecule has 2 rings (SSSR count). The number of alkyl halides is 1. The zero-order valence-corrected chi connectivity index (χ0v) is 11.6. The summed E-state index contributed by atoms with van der Waals surface area (Å²) in [6.07, 6.45) is 3.77. The number of halogens is 1. The molecule has 0 bridgehead atoms. The molecule has 2 heteroatoms. The average molecular weight is 252 g/mol. The fourth-order valence-electron chi connectivity index (χ4n) is 2.79. The third-order valence-electron chi connectivity index (χ3n) is 3.58. The molecule has 0 aliphatic heterocycles. The zero-order chi connectivity index (χ0) is 12.3. The largest absolute Gasteiger partial charge is 0.312 e. The van der Waals surface area contributed by atoms with E-state index in [1.165, 1.54) is 36.0 Å². The average Bonchev–Trinajstić information content (AvgIpc) is 2.63. The summed E-state index contributed by atoms with van der Waals surface area (Å²) in [7, 11) is 0. The van der Waals surface area contributed by atoms with Crippen molar-refractivity contribution in [1.82, 2.24) is 5.32 Å². The van der Waals surface area contributed by atoms with Crippen molar-refractivity contribution in [2.75, 3.05) is 6.54 Å². The highest BCUT2D eigenvalue weighted by Crippen LogP contribution is 2.29. The molecule has 94 valence electrons. The van der Waals surface area contributed by atoms with Crippen molar-refractivity contribution >= 4 is 11.6 Å². The summed E-state index contributed by atoms with van der Waals surface area (Å²) in [5, 5.41) is 3.93. The molecule has 1 aromatic carbocycles. The van der Waals surface area contributed by atoms with Crippen molar-refractivity contribution in [2.24, 2.45) is 5.92 Å². The second-order valence-corrected chi connectivity index (χ2v) is 5.89. The van der Waals surface area contributed by atoms with Crippen LogP contribution in [0.3, 0.4) is 0 Å². The summed E-state index contributed by atoms with van der Waals surface area (Å²) in [4.78, 5) is 0. The minimum atomic E-state index is 0.391. The predicted molar refractivity (Wildman–Crippen MR) is 74.6 cm³/mol. The van der Waals surface area contributed by atoms with E-state index in [1.54, 1.807) is 0 Å². The second kappa shape index (κ2) is 5.88. The van der Waals surface area contributed by atoms with Crippen LogP contribution in [0.5, 0.6) is 0 Å². The van der Waals surface area contributed by atoms with Gasteiger partial charge in [-0.25, -0.2) is 0 Å². The molecule has 17 heavy (non-hydrogen) atoms. The van der Waals surface area contributed by atoms with Gasteiger partial charge in [-0.15, -0.1) is 11.6 Å². The summed E-state index contributed by atoms with van der Waals surface area (Å²) in [6, 6.07) is 6.73. The van der Waals surface area contributed by atoms with Gasteiger partial charge in [-0.2, -0.15) is 0 Å². The Morgan fingerprint density at radius 2 is 1.88 bits per heavy atom. The van der Waals surface area contributed by atoms with Crippen molar-refractivity contribution in [3.05, 3.63) is 34.9 Å². The molecule has 1 saturated carbocycles. The molecule has 0 radical (unpaired) electrons. The predicted octanol–water partition coefficient (Wildman–Crippen LogP) is 3.80. The molecule has 1 fully saturated rings. The Hall–Kier alpha value is -0.530. The monoisotopic (exact) mass is 251 g/mol. The molecule has 0 amide bonds. The maximum Gasteiger partial charge on any atom is 0.0376 e. The number of hydrogen-bond donors (Lipinski definition) is 1. The van der Waals surface area contributed by atoms with Crippen molar-refractivity contribution in [1.29, 1.82) is 0 Å². The lowest BCUT2D eigenvalue weighted by atomic mass is 10.1. The van der Waals surface area contributed by atoms with Gasteiger partial charge in [-0.05, 0) is 44.7 Å². The first-order chi connectivity index (χ1) is 8.15. The molecule has 0 aromatic heterocycles. The van der Waals surface area contributed by atoms with Crippen LogP contribution in [0.4, 0.5) is 0 Å². The smallest absolute Gasteiger partial charge is 0.0376 e. The molecule has 1 aliphatic rings. The van der Waals surface area contributed by atoms with Gasteiger partial charge >= 0.3 is 0 Å². The van der Waals surface area contributed by atoms with Crippen LogP contribution in [0.25, 0.3) is 0 Å². The van der Waals surface area contributed by atoms with Crippen LogP contribution >= 0.6 is 11.6 Å². The lowest BCUT2D eigenvalue weighted by Crippen LogP contribution is -2.25. The van der Waals surface area contributed by atoms with Gasteiger partial charge in [0.15, 0.2) is 0 Å². The minimum absolute atomic E-state index is 0.391. The number of aryl methyl sites for hydroxylation is 2. The summed E-state index contributed by atoms with van der Waals surface area (Å²) in [6.45, 7) is 6.33. The first kappa shape index (κ1) is 12.9. The zero-order valence-electron chi connectivity index (χ0n) is 10.8. The van der Waals surface area contributed by atoms with E-state index >= 15 is 0 Å². The fourth-order valence-corrected chi connectivity index (χ4v) is 3.16. The molecule has 2 atom stereocenters. The quantitative estimate of drug-likeness (QED) is 0.803. The summed E-state index contributed by atoms with van der Waals surface area (Å²) in [5.74, 6) is 0.669. The van der Waals surface area contributed by atoms with E-state index in [2.05, 4.69) is 37.4 Å². The molecule has 1 nitrogen and oxygen atoms in total. The van der Waals surface area contributed by atoms with Gasteiger partial charge in [-0.1, -0.05) is 35.7 Å². The topological polar surface area (TPSA) is 12.0 Å². The fraction of sp³-hybridized carbons (Fsp3) is 0.600. The van der Waals surface area contributed by atoms with E-state index in [4.69, 9.17) is 11.6 Å². The SMILES string of the molecule is Cc1cc(C)cc(CNCC2CCCC2Cl)c1. The second-order valence-electron chi connectivity index (χ2n) is 5.33. The standard InChI is InChI=1S/C15H22ClN/c1-11-6-12(2)8-13(7-11)9-17-10-14-4-3-5-15(14)16/h6-8,14-15,17H,3-5,9-10H2,1-2H3. The molecule has 0 heterocycles. The Bertz CT molecular complexity index is 355. The Morgan fingerprint density at radius 1 is 1.18 bits per heavy atom. The number of benzene rings is 1. The minimum Gasteiger partial charge on any atom is -0.312 e. The van der Waals surface area contributed by atoms with Crippen molar-refractivity contribution < 1.29 is 0 Å². The van der Waals surface area contributed by atoms with Crippen LogP contribution in [-0.4, -0.2) is 11.9 Å². The van der Waals surface area contributed by atoms with Crippen LogP contribution < -0.4 is 5.32 Å². The van der Waals surface area contributed by atoms with Gasteiger partial charge in [0.1, 0.15) is 0 Å². The van der Waals surface area contributed by atoms with Crippen molar-refractivity contribution in [3.63, 3.8) is 0 Å². The van der Waals surface area contributed by atoms with Gasteiger partial charge in [0.25, 0.3) is 0 Å². The molecule has 0 spiro atoms. The van der Waals surface area contributed by atoms with Crippen molar-refractivity contribution in [3.8, 4) is 0 Å². The maximum atomic E-state index is 6.27. The van der Waals surface area contributed by atoms with Gasteiger partial charge < -0.3 is 5.32 Å². The lowest BCUT2D eigenvalue weighted by molar-refractivity contribution is 0.494. The van der Waals surface area contributed by atoms with Crippen LogP contribution in [0.15, 0.2) is 18.2 Å². The van der Waals surface area contributed by atoms with E-state index in [9.17, 15) is 0 Å². The summed E-state index contributed by atoms with van der Waals surface area (Å²) < 4.78 is 0. The number of rotatable bonds is 4. The summed E-state index contributed by atoms with van der Waals surface area (Å²) in [5.41, 5.74) is 4.07. The highest BCUT2D eigenvalue weighted by molar-refractivity contribution is 6.20. The number of nitrogens with one attached hydrogen (secondary N) is 1. The highest BCUT2D eigenvalue weighted by atomic mass is 35.5. The maximum absolute atomic E-state index is 6.27. The highest BCUT2D eigenvalue weighted by Gasteiger charge is 2.24. The van der Waals surface area contributed by atoms with Crippen LogP contribution in [-0.2, 0) is 6.54 Å². The van der Waals surface area contributed by atoms with Gasteiger partial charge in [-0.3, -0.25) is 0 Å². The molecule has 2 unspecified atom stereocenters. The van der Waals surface area contributed by atoms with E-state index < -0.39 is 0 Å². The van der Waals surface area contributed by atoms with Crippen LogP contribution in [0.2, 0.25) is 0 Å². The first-order valence-corrected chi connectivity index (χ1v) is 7.01.